The van der Waals surface area contributed by atoms with E-state index in [9.17, 15) is 9.59 Å². The highest BCUT2D eigenvalue weighted by Crippen LogP contribution is 2.26. The zero-order chi connectivity index (χ0) is 13.4. The van der Waals surface area contributed by atoms with Crippen LogP contribution in [0.2, 0.25) is 0 Å². The fourth-order valence-electron chi connectivity index (χ4n) is 2.49. The minimum atomic E-state index is -0.664. The van der Waals surface area contributed by atoms with Crippen molar-refractivity contribution in [2.24, 2.45) is 5.73 Å². The van der Waals surface area contributed by atoms with Crippen molar-refractivity contribution in [3.05, 3.63) is 35.4 Å². The summed E-state index contributed by atoms with van der Waals surface area (Å²) in [6.07, 6.45) is 1.83. The highest BCUT2D eigenvalue weighted by molar-refractivity contribution is 6.02. The van der Waals surface area contributed by atoms with E-state index in [4.69, 9.17) is 5.73 Å². The van der Waals surface area contributed by atoms with E-state index in [1.165, 1.54) is 4.90 Å². The molecule has 1 aromatic rings. The summed E-state index contributed by atoms with van der Waals surface area (Å²) in [4.78, 5) is 24.6. The van der Waals surface area contributed by atoms with Crippen LogP contribution in [0, 0.1) is 0 Å². The molecule has 2 aliphatic heterocycles. The van der Waals surface area contributed by atoms with E-state index in [2.05, 4.69) is 5.32 Å². The molecule has 1 atom stereocenters. The highest BCUT2D eigenvalue weighted by atomic mass is 16.2. The predicted octanol–water partition coefficient (Wildman–Crippen LogP) is 0.929. The zero-order valence-corrected chi connectivity index (χ0v) is 10.4. The number of hydrogen-bond acceptors (Lipinski definition) is 4. The van der Waals surface area contributed by atoms with Crippen LogP contribution in [0.5, 0.6) is 0 Å². The third-order valence-electron chi connectivity index (χ3n) is 3.53. The Labute approximate surface area is 111 Å². The maximum Gasteiger partial charge on any atom is 0.231 e. The van der Waals surface area contributed by atoms with Gasteiger partial charge >= 0.3 is 0 Å². The van der Waals surface area contributed by atoms with Gasteiger partial charge in [0, 0.05) is 25.1 Å². The van der Waals surface area contributed by atoms with Gasteiger partial charge in [-0.15, -0.1) is 0 Å². The molecule has 3 N–H and O–H groups in total. The van der Waals surface area contributed by atoms with Gasteiger partial charge in [0.25, 0.3) is 0 Å². The lowest BCUT2D eigenvalue weighted by Crippen LogP contribution is -2.48. The van der Waals surface area contributed by atoms with E-state index in [-0.39, 0.29) is 24.7 Å². The minimum Gasteiger partial charge on any atom is -0.381 e. The van der Waals surface area contributed by atoms with Crippen molar-refractivity contribution >= 4 is 23.6 Å². The average Bonchev–Trinajstić information content (AvgIpc) is 2.77. The van der Waals surface area contributed by atoms with Crippen LogP contribution >= 0.6 is 0 Å². The third kappa shape index (κ3) is 2.02. The molecule has 5 nitrogen and oxygen atoms in total. The zero-order valence-electron chi connectivity index (χ0n) is 10.4. The second-order valence-electron chi connectivity index (χ2n) is 4.76. The van der Waals surface area contributed by atoms with Gasteiger partial charge in [-0.3, -0.25) is 14.5 Å². The Morgan fingerprint density at radius 1 is 1.16 bits per heavy atom. The second-order valence-corrected chi connectivity index (χ2v) is 4.76. The van der Waals surface area contributed by atoms with Crippen LogP contribution in [-0.2, 0) is 9.59 Å². The molecule has 2 heterocycles. The number of amides is 2. The summed E-state index contributed by atoms with van der Waals surface area (Å²) in [6, 6.07) is 7.86. The van der Waals surface area contributed by atoms with Crippen LogP contribution in [0.25, 0.3) is 6.08 Å². The number of carbonyl (C=O) groups excluding carboxylic acids is 2. The monoisotopic (exact) mass is 257 g/mol. The Morgan fingerprint density at radius 2 is 1.84 bits per heavy atom. The molecule has 98 valence electrons. The molecule has 0 aliphatic carbocycles. The lowest BCUT2D eigenvalue weighted by atomic mass is 10.0. The van der Waals surface area contributed by atoms with Gasteiger partial charge in [0.1, 0.15) is 6.17 Å². The molecule has 0 spiro atoms. The number of nitrogens with two attached hydrogens (primary N) is 1. The molecule has 1 unspecified atom stereocenters. The lowest BCUT2D eigenvalue weighted by Gasteiger charge is -2.28. The van der Waals surface area contributed by atoms with Crippen molar-refractivity contribution < 1.29 is 9.59 Å². The first-order chi connectivity index (χ1) is 9.16. The van der Waals surface area contributed by atoms with Gasteiger partial charge in [-0.1, -0.05) is 18.2 Å². The van der Waals surface area contributed by atoms with Crippen molar-refractivity contribution in [3.63, 3.8) is 0 Å². The number of imide groups is 1. The average molecular weight is 257 g/mol. The Morgan fingerprint density at radius 3 is 2.58 bits per heavy atom. The van der Waals surface area contributed by atoms with E-state index >= 15 is 0 Å². The molecule has 1 saturated heterocycles. The smallest absolute Gasteiger partial charge is 0.231 e. The number of para-hydroxylation sites is 1. The molecular formula is C14H15N3O2. The first kappa shape index (κ1) is 11.9. The fraction of sp³-hybridized carbons (Fsp3) is 0.286. The van der Waals surface area contributed by atoms with Crippen molar-refractivity contribution in [2.45, 2.75) is 19.0 Å². The Kier molecular flexibility index (Phi) is 2.83. The maximum atomic E-state index is 11.7. The molecule has 1 fully saturated rings. The van der Waals surface area contributed by atoms with Crippen molar-refractivity contribution in [1.29, 1.82) is 0 Å². The topological polar surface area (TPSA) is 75.4 Å². The molecule has 0 bridgehead atoms. The number of fused-ring (bicyclic) bond motifs is 1. The molecule has 0 aromatic heterocycles. The molecule has 3 rings (SSSR count). The Hall–Kier alpha value is -2.14. The number of rotatable bonds is 2. The van der Waals surface area contributed by atoms with E-state index in [1.807, 2.05) is 30.3 Å². The molecule has 0 saturated carbocycles. The molecule has 1 aromatic carbocycles. The van der Waals surface area contributed by atoms with Gasteiger partial charge in [0.2, 0.25) is 11.8 Å². The summed E-state index contributed by atoms with van der Waals surface area (Å²) >= 11 is 0. The minimum absolute atomic E-state index is 0.183. The van der Waals surface area contributed by atoms with Crippen LogP contribution in [-0.4, -0.2) is 29.4 Å². The van der Waals surface area contributed by atoms with E-state index in [0.717, 1.165) is 16.8 Å². The van der Waals surface area contributed by atoms with Crippen molar-refractivity contribution in [2.75, 3.05) is 11.9 Å². The molecular weight excluding hydrogens is 242 g/mol. The summed E-state index contributed by atoms with van der Waals surface area (Å²) in [6.45, 7) is 0.551. The van der Waals surface area contributed by atoms with Crippen LogP contribution < -0.4 is 11.1 Å². The number of likely N-dealkylation sites (tertiary alicyclic amines) is 1. The number of nitrogens with one attached hydrogen (secondary N) is 1. The summed E-state index contributed by atoms with van der Waals surface area (Å²) < 4.78 is 0. The number of benzene rings is 1. The van der Waals surface area contributed by atoms with Gasteiger partial charge in [-0.2, -0.15) is 0 Å². The predicted molar refractivity (Wildman–Crippen MR) is 72.0 cm³/mol. The SMILES string of the molecule is NC(C1=Cc2ccccc2NC1)N1C(=O)CCC1=O. The highest BCUT2D eigenvalue weighted by Gasteiger charge is 2.35. The summed E-state index contributed by atoms with van der Waals surface area (Å²) in [7, 11) is 0. The van der Waals surface area contributed by atoms with E-state index in [1.54, 1.807) is 0 Å². The maximum absolute atomic E-state index is 11.7. The summed E-state index contributed by atoms with van der Waals surface area (Å²) in [5.41, 5.74) is 8.98. The molecule has 0 radical (unpaired) electrons. The van der Waals surface area contributed by atoms with Gasteiger partial charge in [-0.05, 0) is 23.3 Å². The van der Waals surface area contributed by atoms with Crippen LogP contribution in [0.3, 0.4) is 0 Å². The van der Waals surface area contributed by atoms with E-state index in [0.29, 0.717) is 6.54 Å². The largest absolute Gasteiger partial charge is 0.381 e. The molecule has 2 aliphatic rings. The van der Waals surface area contributed by atoms with Gasteiger partial charge in [-0.25, -0.2) is 0 Å². The van der Waals surface area contributed by atoms with Gasteiger partial charge < -0.3 is 11.1 Å². The van der Waals surface area contributed by atoms with Crippen molar-refractivity contribution in [1.82, 2.24) is 4.90 Å². The van der Waals surface area contributed by atoms with Gasteiger partial charge in [0.15, 0.2) is 0 Å². The Balaban J connectivity index is 1.89. The van der Waals surface area contributed by atoms with Crippen LogP contribution in [0.15, 0.2) is 29.8 Å². The number of nitrogens with zero attached hydrogens (tertiary/aromatic N) is 1. The number of anilines is 1. The molecule has 5 heteroatoms. The number of hydrogen-bond donors (Lipinski definition) is 2. The molecule has 2 amide bonds. The lowest BCUT2D eigenvalue weighted by molar-refractivity contribution is -0.140. The normalized spacial score (nSPS) is 19.8. The first-order valence-corrected chi connectivity index (χ1v) is 6.30. The van der Waals surface area contributed by atoms with Gasteiger partial charge in [0.05, 0.1) is 0 Å². The fourth-order valence-corrected chi connectivity index (χ4v) is 2.49. The standard InChI is InChI=1S/C14H15N3O2/c15-14(17-12(18)5-6-13(17)19)10-7-9-3-1-2-4-11(9)16-8-10/h1-4,7,14,16H,5-6,8,15H2. The van der Waals surface area contributed by atoms with Crippen molar-refractivity contribution in [3.8, 4) is 0 Å². The third-order valence-corrected chi connectivity index (χ3v) is 3.53. The molecule has 19 heavy (non-hydrogen) atoms. The quantitative estimate of drug-likeness (QED) is 0.773. The summed E-state index contributed by atoms with van der Waals surface area (Å²) in [5, 5.41) is 3.25. The second kappa shape index (κ2) is 4.51. The van der Waals surface area contributed by atoms with E-state index < -0.39 is 6.17 Å². The van der Waals surface area contributed by atoms with Crippen LogP contribution in [0.4, 0.5) is 5.69 Å². The summed E-state index contributed by atoms with van der Waals surface area (Å²) in [5.74, 6) is -0.366. The van der Waals surface area contributed by atoms with Crippen LogP contribution in [0.1, 0.15) is 18.4 Å². The number of carbonyl (C=O) groups is 2. The first-order valence-electron chi connectivity index (χ1n) is 6.30. The Bertz CT molecular complexity index is 564.